The zero-order valence-corrected chi connectivity index (χ0v) is 40.6. The first kappa shape index (κ1) is 39.8. The van der Waals surface area contributed by atoms with E-state index in [0.717, 1.165) is 11.4 Å². The van der Waals surface area contributed by atoms with Crippen LogP contribution in [0.15, 0.2) is 255 Å². The van der Waals surface area contributed by atoms with Crippen LogP contribution in [0.3, 0.4) is 0 Å². The largest absolute Gasteiger partial charge is 0.309 e. The number of benzene rings is 14. The topological polar surface area (TPSA) is 9.86 Å². The quantitative estimate of drug-likeness (QED) is 0.153. The van der Waals surface area contributed by atoms with Crippen LogP contribution in [0.5, 0.6) is 0 Å². The van der Waals surface area contributed by atoms with E-state index in [1.54, 1.807) is 0 Å². The van der Waals surface area contributed by atoms with Crippen molar-refractivity contribution in [1.82, 2.24) is 9.13 Å². The molecule has 18 rings (SSSR count). The Balaban J connectivity index is 0.989. The summed E-state index contributed by atoms with van der Waals surface area (Å²) in [6.45, 7) is 0. The van der Waals surface area contributed by atoms with Crippen LogP contribution in [0.25, 0.3) is 142 Å². The molecule has 16 aromatic rings. The fraction of sp³-hybridized carbons (Fsp3) is 0.0137. The number of para-hydroxylation sites is 2. The molecule has 0 aliphatic heterocycles. The predicted octanol–water partition coefficient (Wildman–Crippen LogP) is 19.1. The van der Waals surface area contributed by atoms with Gasteiger partial charge in [-0.05, 0) is 158 Å². The maximum absolute atomic E-state index is 2.54. The molecule has 0 fully saturated rings. The highest BCUT2D eigenvalue weighted by Gasteiger charge is 2.53. The number of hydrogen-bond donors (Lipinski definition) is 0. The lowest BCUT2D eigenvalue weighted by Crippen LogP contribution is -2.25. The second-order valence-electron chi connectivity index (χ2n) is 21.0. The molecule has 0 atom stereocenters. The fourth-order valence-corrected chi connectivity index (χ4v) is 14.9. The molecule has 0 saturated heterocycles. The maximum atomic E-state index is 2.54. The minimum absolute atomic E-state index is 0.543. The molecule has 14 aromatic carbocycles. The minimum Gasteiger partial charge on any atom is -0.309 e. The van der Waals surface area contributed by atoms with Crippen LogP contribution in [0.2, 0.25) is 0 Å². The minimum atomic E-state index is -0.543. The summed E-state index contributed by atoms with van der Waals surface area (Å²) in [5.41, 5.74) is 17.2. The highest BCUT2D eigenvalue weighted by molar-refractivity contribution is 6.29. The molecule has 344 valence electrons. The van der Waals surface area contributed by atoms with Crippen molar-refractivity contribution in [3.63, 3.8) is 0 Å². The lowest BCUT2D eigenvalue weighted by Gasteiger charge is -2.30. The Labute approximate surface area is 431 Å². The summed E-state index contributed by atoms with van der Waals surface area (Å²) in [6.07, 6.45) is 0. The van der Waals surface area contributed by atoms with E-state index in [2.05, 4.69) is 264 Å². The molecule has 0 unspecified atom stereocenters. The average molecular weight is 947 g/mol. The Morgan fingerprint density at radius 1 is 0.213 bits per heavy atom. The van der Waals surface area contributed by atoms with Crippen molar-refractivity contribution in [2.24, 2.45) is 0 Å². The Kier molecular flexibility index (Phi) is 7.57. The standard InChI is InChI=1S/C73H42N2/c1-3-21-49-45(17-1)47-19-5-7-23-51(47)59-41-43(33-35-53(49)59)74-65-31-15-11-27-57(65)69-67(74)39-37-63-71(69)72-64(73(63)61-29-13-9-25-55(61)56-26-10-14-30-62(56)73)38-40-68-70(72)58-28-12-16-32-66(58)75(68)44-34-36-54-50-22-4-2-18-46(50)48-20-6-8-24-52(48)60(54)42-44/h1-42H. The third-order valence-corrected chi connectivity index (χ3v) is 17.7. The first-order chi connectivity index (χ1) is 37.3. The molecule has 0 N–H and O–H groups in total. The second-order valence-corrected chi connectivity index (χ2v) is 21.0. The van der Waals surface area contributed by atoms with Crippen molar-refractivity contribution < 1.29 is 0 Å². The monoisotopic (exact) mass is 946 g/mol. The van der Waals surface area contributed by atoms with Crippen molar-refractivity contribution in [3.8, 4) is 33.6 Å². The Morgan fingerprint density at radius 3 is 0.907 bits per heavy atom. The average Bonchev–Trinajstić information content (AvgIpc) is 4.28. The number of aromatic nitrogens is 2. The molecule has 2 heteroatoms. The second kappa shape index (κ2) is 14.3. The number of nitrogens with zero attached hydrogens (tertiary/aromatic N) is 2. The first-order valence-electron chi connectivity index (χ1n) is 26.3. The lowest BCUT2D eigenvalue weighted by molar-refractivity contribution is 0.795. The van der Waals surface area contributed by atoms with Crippen LogP contribution in [0.4, 0.5) is 0 Å². The Morgan fingerprint density at radius 2 is 0.520 bits per heavy atom. The molecule has 2 heterocycles. The lowest BCUT2D eigenvalue weighted by atomic mass is 9.70. The molecule has 0 bridgehead atoms. The van der Waals surface area contributed by atoms with E-state index >= 15 is 0 Å². The van der Waals surface area contributed by atoms with E-state index in [9.17, 15) is 0 Å². The molecule has 2 aliphatic rings. The van der Waals surface area contributed by atoms with Gasteiger partial charge in [0.25, 0.3) is 0 Å². The molecule has 2 aromatic heterocycles. The van der Waals surface area contributed by atoms with Gasteiger partial charge < -0.3 is 9.13 Å². The molecule has 2 nitrogen and oxygen atoms in total. The van der Waals surface area contributed by atoms with Gasteiger partial charge in [-0.15, -0.1) is 0 Å². The van der Waals surface area contributed by atoms with Crippen molar-refractivity contribution in [2.45, 2.75) is 5.41 Å². The Hall–Kier alpha value is -9.76. The van der Waals surface area contributed by atoms with Gasteiger partial charge in [-0.25, -0.2) is 0 Å². The van der Waals surface area contributed by atoms with Gasteiger partial charge >= 0.3 is 0 Å². The van der Waals surface area contributed by atoms with Gasteiger partial charge in [-0.2, -0.15) is 0 Å². The summed E-state index contributed by atoms with van der Waals surface area (Å²) in [5, 5.41) is 20.4. The van der Waals surface area contributed by atoms with Gasteiger partial charge in [-0.1, -0.05) is 206 Å². The van der Waals surface area contributed by atoms with Crippen molar-refractivity contribution in [1.29, 1.82) is 0 Å². The fourth-order valence-electron chi connectivity index (χ4n) is 14.9. The smallest absolute Gasteiger partial charge is 0.0726 e. The van der Waals surface area contributed by atoms with Crippen molar-refractivity contribution in [3.05, 3.63) is 277 Å². The van der Waals surface area contributed by atoms with Crippen molar-refractivity contribution in [2.75, 3.05) is 0 Å². The normalized spacial score (nSPS) is 13.4. The van der Waals surface area contributed by atoms with E-state index in [0.29, 0.717) is 0 Å². The van der Waals surface area contributed by atoms with Crippen LogP contribution < -0.4 is 0 Å². The highest BCUT2D eigenvalue weighted by atomic mass is 15.0. The summed E-state index contributed by atoms with van der Waals surface area (Å²) in [5.74, 6) is 0. The highest BCUT2D eigenvalue weighted by Crippen LogP contribution is 2.66. The Bertz CT molecular complexity index is 4860. The van der Waals surface area contributed by atoms with Crippen molar-refractivity contribution >= 4 is 108 Å². The van der Waals surface area contributed by atoms with Crippen LogP contribution >= 0.6 is 0 Å². The van der Waals surface area contributed by atoms with Gasteiger partial charge in [-0.3, -0.25) is 0 Å². The van der Waals surface area contributed by atoms with Crippen LogP contribution in [-0.2, 0) is 5.41 Å². The molecule has 0 saturated carbocycles. The summed E-state index contributed by atoms with van der Waals surface area (Å²) >= 11 is 0. The molecular formula is C73H42N2. The van der Waals surface area contributed by atoms with E-state index in [1.807, 2.05) is 0 Å². The van der Waals surface area contributed by atoms with Gasteiger partial charge in [0.05, 0.1) is 27.5 Å². The van der Waals surface area contributed by atoms with Crippen LogP contribution in [0, 0.1) is 0 Å². The zero-order valence-electron chi connectivity index (χ0n) is 40.6. The number of hydrogen-bond acceptors (Lipinski definition) is 0. The maximum Gasteiger partial charge on any atom is 0.0726 e. The molecule has 1 spiro atoms. The zero-order chi connectivity index (χ0) is 48.7. The van der Waals surface area contributed by atoms with Crippen LogP contribution in [0.1, 0.15) is 22.3 Å². The van der Waals surface area contributed by atoms with Crippen LogP contribution in [-0.4, -0.2) is 9.13 Å². The predicted molar refractivity (Wildman–Crippen MR) is 316 cm³/mol. The number of fused-ring (bicyclic) bond motifs is 30. The summed E-state index contributed by atoms with van der Waals surface area (Å²) < 4.78 is 5.09. The van der Waals surface area contributed by atoms with Gasteiger partial charge in [0.1, 0.15) is 0 Å². The summed E-state index contributed by atoms with van der Waals surface area (Å²) in [7, 11) is 0. The summed E-state index contributed by atoms with van der Waals surface area (Å²) in [6, 6.07) is 96.5. The van der Waals surface area contributed by atoms with E-state index in [1.165, 1.54) is 153 Å². The molecule has 2 aliphatic carbocycles. The molecular weight excluding hydrogens is 905 g/mol. The van der Waals surface area contributed by atoms with Gasteiger partial charge in [0.15, 0.2) is 0 Å². The third-order valence-electron chi connectivity index (χ3n) is 17.7. The van der Waals surface area contributed by atoms with E-state index < -0.39 is 5.41 Å². The molecule has 0 amide bonds. The van der Waals surface area contributed by atoms with E-state index in [-0.39, 0.29) is 0 Å². The van der Waals surface area contributed by atoms with Gasteiger partial charge in [0, 0.05) is 32.9 Å². The molecule has 0 radical (unpaired) electrons. The first-order valence-corrected chi connectivity index (χ1v) is 26.3. The third kappa shape index (κ3) is 4.86. The van der Waals surface area contributed by atoms with Gasteiger partial charge in [0.2, 0.25) is 0 Å². The SMILES string of the molecule is c1ccc2c(c1)-c1ccccc1C21c2ccc3c(c2-c2c1ccc1c2c2ccccc2n1-c1ccc2c4ccccc4c4ccccc4c2c1)c1ccccc1n3-c1ccc2c3ccccc3c3ccccc3c2c1. The number of rotatable bonds is 2. The molecule has 75 heavy (non-hydrogen) atoms. The summed E-state index contributed by atoms with van der Waals surface area (Å²) in [4.78, 5) is 0. The van der Waals surface area contributed by atoms with E-state index in [4.69, 9.17) is 0 Å².